The van der Waals surface area contributed by atoms with Crippen LogP contribution < -0.4 is 14.8 Å². The largest absolute Gasteiger partial charge is 0.481 e. The minimum Gasteiger partial charge on any atom is -0.481 e. The summed E-state index contributed by atoms with van der Waals surface area (Å²) in [6.45, 7) is 1.02. The molecule has 1 fully saturated rings. The summed E-state index contributed by atoms with van der Waals surface area (Å²) in [6, 6.07) is 4.10. The summed E-state index contributed by atoms with van der Waals surface area (Å²) in [5, 5.41) is 3.30. The number of sulfonamides is 1. The number of ether oxygens (including phenoxy) is 1. The van der Waals surface area contributed by atoms with Crippen LogP contribution in [0.3, 0.4) is 0 Å². The standard InChI is InChI=1S/C13H21N3O3S/c1-19-13-9-11(5-7-15-13)10-16-20(17,18)8-2-6-14-12-3-4-12/h5,7,9,12,14,16H,2-4,6,8,10H2,1H3. The van der Waals surface area contributed by atoms with E-state index in [1.54, 1.807) is 18.3 Å². The fourth-order valence-corrected chi connectivity index (χ4v) is 2.85. The van der Waals surface area contributed by atoms with Gasteiger partial charge in [0.25, 0.3) is 0 Å². The van der Waals surface area contributed by atoms with Gasteiger partial charge in [-0.05, 0) is 37.4 Å². The SMILES string of the molecule is COc1cc(CNS(=O)(=O)CCCNC2CC2)ccn1. The molecule has 6 nitrogen and oxygen atoms in total. The average molecular weight is 299 g/mol. The Morgan fingerprint density at radius 1 is 1.45 bits per heavy atom. The van der Waals surface area contributed by atoms with Gasteiger partial charge in [0, 0.05) is 24.8 Å². The first-order valence-electron chi connectivity index (χ1n) is 6.79. The van der Waals surface area contributed by atoms with Gasteiger partial charge >= 0.3 is 0 Å². The van der Waals surface area contributed by atoms with Crippen molar-refractivity contribution >= 4 is 10.0 Å². The van der Waals surface area contributed by atoms with Crippen molar-refractivity contribution in [3.05, 3.63) is 23.9 Å². The monoisotopic (exact) mass is 299 g/mol. The van der Waals surface area contributed by atoms with E-state index in [1.807, 2.05) is 0 Å². The van der Waals surface area contributed by atoms with E-state index in [2.05, 4.69) is 15.0 Å². The summed E-state index contributed by atoms with van der Waals surface area (Å²) in [5.74, 6) is 0.630. The van der Waals surface area contributed by atoms with E-state index in [0.717, 1.165) is 12.1 Å². The van der Waals surface area contributed by atoms with Crippen molar-refractivity contribution in [1.29, 1.82) is 0 Å². The van der Waals surface area contributed by atoms with Gasteiger partial charge in [0.15, 0.2) is 0 Å². The first-order chi connectivity index (χ1) is 9.59. The van der Waals surface area contributed by atoms with Crippen molar-refractivity contribution in [2.75, 3.05) is 19.4 Å². The summed E-state index contributed by atoms with van der Waals surface area (Å²) in [7, 11) is -1.70. The summed E-state index contributed by atoms with van der Waals surface area (Å²) in [6.07, 6.45) is 4.66. The molecule has 2 N–H and O–H groups in total. The van der Waals surface area contributed by atoms with Crippen LogP contribution in [0.2, 0.25) is 0 Å². The zero-order chi connectivity index (χ0) is 14.4. The normalized spacial score (nSPS) is 15.2. The highest BCUT2D eigenvalue weighted by Gasteiger charge is 2.20. The Kier molecular flexibility index (Phi) is 5.33. The van der Waals surface area contributed by atoms with Crippen molar-refractivity contribution in [3.63, 3.8) is 0 Å². The van der Waals surface area contributed by atoms with Gasteiger partial charge in [-0.1, -0.05) is 0 Å². The second kappa shape index (κ2) is 7.01. The second-order valence-electron chi connectivity index (χ2n) is 4.93. The third kappa shape index (κ3) is 5.44. The predicted octanol–water partition coefficient (Wildman–Crippen LogP) is 0.652. The zero-order valence-electron chi connectivity index (χ0n) is 11.6. The maximum atomic E-state index is 11.8. The number of aromatic nitrogens is 1. The number of hydrogen-bond acceptors (Lipinski definition) is 5. The number of nitrogens with zero attached hydrogens (tertiary/aromatic N) is 1. The Morgan fingerprint density at radius 3 is 2.95 bits per heavy atom. The van der Waals surface area contributed by atoms with Crippen molar-refractivity contribution < 1.29 is 13.2 Å². The topological polar surface area (TPSA) is 80.3 Å². The highest BCUT2D eigenvalue weighted by atomic mass is 32.2. The first-order valence-corrected chi connectivity index (χ1v) is 8.44. The maximum absolute atomic E-state index is 11.8. The Balaban J connectivity index is 1.72. The van der Waals surface area contributed by atoms with Crippen LogP contribution in [-0.2, 0) is 16.6 Å². The number of rotatable bonds is 9. The van der Waals surface area contributed by atoms with Crippen LogP contribution in [0.25, 0.3) is 0 Å². The van der Waals surface area contributed by atoms with E-state index in [0.29, 0.717) is 18.3 Å². The molecule has 0 aliphatic heterocycles. The van der Waals surface area contributed by atoms with Gasteiger partial charge < -0.3 is 10.1 Å². The van der Waals surface area contributed by atoms with Gasteiger partial charge in [-0.15, -0.1) is 0 Å². The van der Waals surface area contributed by atoms with Gasteiger partial charge in [-0.25, -0.2) is 18.1 Å². The van der Waals surface area contributed by atoms with E-state index >= 15 is 0 Å². The lowest BCUT2D eigenvalue weighted by molar-refractivity contribution is 0.397. The summed E-state index contributed by atoms with van der Waals surface area (Å²) >= 11 is 0. The molecule has 0 aromatic carbocycles. The molecule has 1 aliphatic rings. The van der Waals surface area contributed by atoms with Crippen LogP contribution in [0.4, 0.5) is 0 Å². The molecule has 2 rings (SSSR count). The lowest BCUT2D eigenvalue weighted by atomic mass is 10.3. The van der Waals surface area contributed by atoms with Gasteiger partial charge in [0.1, 0.15) is 0 Å². The van der Waals surface area contributed by atoms with E-state index < -0.39 is 10.0 Å². The average Bonchev–Trinajstić information content (AvgIpc) is 3.26. The summed E-state index contributed by atoms with van der Waals surface area (Å²) in [4.78, 5) is 3.98. The van der Waals surface area contributed by atoms with E-state index in [9.17, 15) is 8.42 Å². The highest BCUT2D eigenvalue weighted by Crippen LogP contribution is 2.18. The van der Waals surface area contributed by atoms with E-state index in [-0.39, 0.29) is 12.3 Å². The fourth-order valence-electron chi connectivity index (χ4n) is 1.79. The van der Waals surface area contributed by atoms with Crippen molar-refractivity contribution in [3.8, 4) is 5.88 Å². The molecule has 1 aromatic rings. The molecule has 0 saturated heterocycles. The van der Waals surface area contributed by atoms with Gasteiger partial charge in [0.05, 0.1) is 12.9 Å². The maximum Gasteiger partial charge on any atom is 0.213 e. The van der Waals surface area contributed by atoms with Crippen molar-refractivity contribution in [1.82, 2.24) is 15.0 Å². The van der Waals surface area contributed by atoms with Crippen LogP contribution in [0.1, 0.15) is 24.8 Å². The second-order valence-corrected chi connectivity index (χ2v) is 6.85. The van der Waals surface area contributed by atoms with Crippen molar-refractivity contribution in [2.24, 2.45) is 0 Å². The molecule has 0 amide bonds. The molecule has 20 heavy (non-hydrogen) atoms. The summed E-state index contributed by atoms with van der Waals surface area (Å²) in [5.41, 5.74) is 0.830. The summed E-state index contributed by atoms with van der Waals surface area (Å²) < 4.78 is 31.3. The van der Waals surface area contributed by atoms with E-state index in [4.69, 9.17) is 4.74 Å². The van der Waals surface area contributed by atoms with Crippen LogP contribution in [0, 0.1) is 0 Å². The molecule has 1 heterocycles. The van der Waals surface area contributed by atoms with Crippen LogP contribution in [0.15, 0.2) is 18.3 Å². The Bertz CT molecular complexity index is 529. The van der Waals surface area contributed by atoms with Gasteiger partial charge in [0.2, 0.25) is 15.9 Å². The molecule has 0 unspecified atom stereocenters. The molecule has 1 aromatic heterocycles. The smallest absolute Gasteiger partial charge is 0.213 e. The van der Waals surface area contributed by atoms with Gasteiger partial charge in [-0.3, -0.25) is 0 Å². The Hall–Kier alpha value is -1.18. The lowest BCUT2D eigenvalue weighted by Gasteiger charge is -2.08. The number of methoxy groups -OCH3 is 1. The Labute approximate surface area is 120 Å². The fraction of sp³-hybridized carbons (Fsp3) is 0.615. The quantitative estimate of drug-likeness (QED) is 0.655. The van der Waals surface area contributed by atoms with E-state index in [1.165, 1.54) is 20.0 Å². The number of nitrogens with one attached hydrogen (secondary N) is 2. The first kappa shape index (κ1) is 15.2. The molecule has 1 saturated carbocycles. The Morgan fingerprint density at radius 2 is 2.25 bits per heavy atom. The third-order valence-corrected chi connectivity index (χ3v) is 4.52. The third-order valence-electron chi connectivity index (χ3n) is 3.10. The number of pyridine rings is 1. The van der Waals surface area contributed by atoms with Crippen LogP contribution in [-0.4, -0.2) is 38.9 Å². The predicted molar refractivity (Wildman–Crippen MR) is 77.1 cm³/mol. The lowest BCUT2D eigenvalue weighted by Crippen LogP contribution is -2.28. The molecule has 0 radical (unpaired) electrons. The molecule has 7 heteroatoms. The minimum absolute atomic E-state index is 0.148. The molecular weight excluding hydrogens is 278 g/mol. The molecule has 112 valence electrons. The highest BCUT2D eigenvalue weighted by molar-refractivity contribution is 7.89. The van der Waals surface area contributed by atoms with Crippen LogP contribution >= 0.6 is 0 Å². The zero-order valence-corrected chi connectivity index (χ0v) is 12.4. The molecular formula is C13H21N3O3S. The molecule has 0 spiro atoms. The van der Waals surface area contributed by atoms with Crippen molar-refractivity contribution in [2.45, 2.75) is 31.8 Å². The van der Waals surface area contributed by atoms with Gasteiger partial charge in [-0.2, -0.15) is 0 Å². The number of hydrogen-bond donors (Lipinski definition) is 2. The minimum atomic E-state index is -3.23. The van der Waals surface area contributed by atoms with Crippen LogP contribution in [0.5, 0.6) is 5.88 Å². The molecule has 1 aliphatic carbocycles. The molecule has 0 atom stereocenters. The molecule has 0 bridgehead atoms.